The fourth-order valence-corrected chi connectivity index (χ4v) is 4.09. The van der Waals surface area contributed by atoms with Crippen LogP contribution in [0, 0.1) is 13.8 Å². The van der Waals surface area contributed by atoms with Crippen molar-refractivity contribution in [3.8, 4) is 0 Å². The fraction of sp³-hybridized carbons (Fsp3) is 0.667. The molecule has 0 amide bonds. The van der Waals surface area contributed by atoms with Crippen molar-refractivity contribution in [3.63, 3.8) is 0 Å². The van der Waals surface area contributed by atoms with Gasteiger partial charge in [0.15, 0.2) is 0 Å². The first-order valence-electron chi connectivity index (χ1n) is 6.43. The molecule has 0 unspecified atom stereocenters. The van der Waals surface area contributed by atoms with Crippen LogP contribution < -0.4 is 0 Å². The molecule has 7 nitrogen and oxygen atoms in total. The number of sulfonamides is 1. The van der Waals surface area contributed by atoms with E-state index in [2.05, 4.69) is 10.2 Å². The van der Waals surface area contributed by atoms with Gasteiger partial charge in [0.05, 0.1) is 11.4 Å². The van der Waals surface area contributed by atoms with Gasteiger partial charge in [0, 0.05) is 19.0 Å². The van der Waals surface area contributed by atoms with Gasteiger partial charge in [-0.25, -0.2) is 8.42 Å². The quantitative estimate of drug-likeness (QED) is 0.790. The van der Waals surface area contributed by atoms with Crippen molar-refractivity contribution in [1.29, 1.82) is 0 Å². The molecule has 0 atom stereocenters. The molecule has 0 bridgehead atoms. The largest absolute Gasteiger partial charge is 0.481 e. The van der Waals surface area contributed by atoms with Gasteiger partial charge < -0.3 is 5.11 Å². The van der Waals surface area contributed by atoms with Gasteiger partial charge in [-0.15, -0.1) is 0 Å². The summed E-state index contributed by atoms with van der Waals surface area (Å²) in [4.78, 5) is 10.7. The first-order valence-corrected chi connectivity index (χ1v) is 7.87. The van der Waals surface area contributed by atoms with Crippen LogP contribution >= 0.6 is 0 Å². The van der Waals surface area contributed by atoms with Crippen LogP contribution in [0.25, 0.3) is 0 Å². The SMILES string of the molecule is Cc1n[nH]c(C)c1S(=O)(=O)N(CCCC(=O)O)C(C)C. The minimum absolute atomic E-state index is 0.0535. The van der Waals surface area contributed by atoms with E-state index in [1.807, 2.05) is 0 Å². The molecule has 0 aliphatic carbocycles. The molecule has 1 aromatic heterocycles. The number of rotatable bonds is 7. The van der Waals surface area contributed by atoms with E-state index in [0.29, 0.717) is 11.4 Å². The molecule has 0 aliphatic heterocycles. The predicted molar refractivity (Wildman–Crippen MR) is 74.0 cm³/mol. The maximum Gasteiger partial charge on any atom is 0.303 e. The van der Waals surface area contributed by atoms with E-state index in [1.165, 1.54) is 4.31 Å². The number of carbonyl (C=O) groups is 1. The van der Waals surface area contributed by atoms with E-state index in [-0.39, 0.29) is 30.3 Å². The number of carboxylic acids is 1. The van der Waals surface area contributed by atoms with Gasteiger partial charge in [-0.3, -0.25) is 9.89 Å². The molecule has 0 radical (unpaired) electrons. The lowest BCUT2D eigenvalue weighted by Gasteiger charge is -2.25. The highest BCUT2D eigenvalue weighted by molar-refractivity contribution is 7.89. The molecule has 1 heterocycles. The van der Waals surface area contributed by atoms with Crippen molar-refractivity contribution in [2.75, 3.05) is 6.54 Å². The average molecular weight is 303 g/mol. The maximum atomic E-state index is 12.7. The maximum absolute atomic E-state index is 12.7. The highest BCUT2D eigenvalue weighted by atomic mass is 32.2. The van der Waals surface area contributed by atoms with Gasteiger partial charge in [0.25, 0.3) is 0 Å². The molecular weight excluding hydrogens is 282 g/mol. The fourth-order valence-electron chi connectivity index (χ4n) is 2.08. The number of carboxylic acid groups (broad SMARTS) is 1. The number of aromatic amines is 1. The Bertz CT molecular complexity index is 558. The minimum atomic E-state index is -3.67. The topological polar surface area (TPSA) is 103 Å². The summed E-state index contributed by atoms with van der Waals surface area (Å²) in [5.41, 5.74) is 0.915. The summed E-state index contributed by atoms with van der Waals surface area (Å²) in [6.07, 6.45) is 0.227. The van der Waals surface area contributed by atoms with Crippen molar-refractivity contribution < 1.29 is 18.3 Å². The summed E-state index contributed by atoms with van der Waals surface area (Å²) in [5, 5.41) is 15.2. The smallest absolute Gasteiger partial charge is 0.303 e. The number of nitrogens with one attached hydrogen (secondary N) is 1. The zero-order valence-corrected chi connectivity index (χ0v) is 13.0. The molecule has 1 aromatic rings. The van der Waals surface area contributed by atoms with E-state index in [4.69, 9.17) is 5.11 Å². The molecule has 0 saturated carbocycles. The summed E-state index contributed by atoms with van der Waals surface area (Å²) in [5.74, 6) is -0.929. The third-order valence-corrected chi connectivity index (χ3v) is 5.31. The normalized spacial score (nSPS) is 12.3. The third kappa shape index (κ3) is 3.57. The highest BCUT2D eigenvalue weighted by Gasteiger charge is 2.31. The Morgan fingerprint density at radius 3 is 2.40 bits per heavy atom. The summed E-state index contributed by atoms with van der Waals surface area (Å²) < 4.78 is 26.7. The predicted octanol–water partition coefficient (Wildman–Crippen LogP) is 1.29. The van der Waals surface area contributed by atoms with Crippen LogP contribution in [-0.4, -0.2) is 46.6 Å². The standard InChI is InChI=1S/C12H21N3O4S/c1-8(2)15(7-5-6-11(16)17)20(18,19)12-9(3)13-14-10(12)4/h8H,5-7H2,1-4H3,(H,13,14)(H,16,17). The summed E-state index contributed by atoms with van der Waals surface area (Å²) in [6, 6.07) is -0.248. The molecule has 2 N–H and O–H groups in total. The van der Waals surface area contributed by atoms with E-state index >= 15 is 0 Å². The summed E-state index contributed by atoms with van der Waals surface area (Å²) in [6.45, 7) is 7.00. The Hall–Kier alpha value is -1.41. The number of nitrogens with zero attached hydrogens (tertiary/aromatic N) is 2. The number of hydrogen-bond acceptors (Lipinski definition) is 4. The second-order valence-corrected chi connectivity index (χ2v) is 6.80. The number of hydrogen-bond donors (Lipinski definition) is 2. The van der Waals surface area contributed by atoms with Gasteiger partial charge in [0.2, 0.25) is 10.0 Å². The number of H-pyrrole nitrogens is 1. The molecule has 0 spiro atoms. The zero-order valence-electron chi connectivity index (χ0n) is 12.2. The van der Waals surface area contributed by atoms with E-state index < -0.39 is 16.0 Å². The van der Waals surface area contributed by atoms with Gasteiger partial charge in [-0.1, -0.05) is 0 Å². The van der Waals surface area contributed by atoms with Gasteiger partial charge in [-0.05, 0) is 34.1 Å². The number of aryl methyl sites for hydroxylation is 2. The van der Waals surface area contributed by atoms with Crippen LogP contribution in [0.2, 0.25) is 0 Å². The molecule has 0 fully saturated rings. The zero-order chi connectivity index (χ0) is 15.5. The summed E-state index contributed by atoms with van der Waals surface area (Å²) in [7, 11) is -3.67. The number of aliphatic carboxylic acids is 1. The van der Waals surface area contributed by atoms with E-state index in [0.717, 1.165) is 0 Å². The molecule has 0 aromatic carbocycles. The number of aromatic nitrogens is 2. The first kappa shape index (κ1) is 16.6. The third-order valence-electron chi connectivity index (χ3n) is 2.97. The van der Waals surface area contributed by atoms with Crippen molar-refractivity contribution in [2.45, 2.75) is 51.5 Å². The lowest BCUT2D eigenvalue weighted by atomic mass is 10.3. The molecule has 1 rings (SSSR count). The Kier molecular flexibility index (Phi) is 5.29. The van der Waals surface area contributed by atoms with Crippen LogP contribution in [0.4, 0.5) is 0 Å². The average Bonchev–Trinajstić information content (AvgIpc) is 2.63. The van der Waals surface area contributed by atoms with Crippen LogP contribution in [0.15, 0.2) is 4.90 Å². The first-order chi connectivity index (χ1) is 9.17. The Morgan fingerprint density at radius 1 is 1.40 bits per heavy atom. The Balaban J connectivity index is 3.04. The van der Waals surface area contributed by atoms with Crippen molar-refractivity contribution >= 4 is 16.0 Å². The van der Waals surface area contributed by atoms with Crippen molar-refractivity contribution in [3.05, 3.63) is 11.4 Å². The highest BCUT2D eigenvalue weighted by Crippen LogP contribution is 2.23. The molecule has 20 heavy (non-hydrogen) atoms. The van der Waals surface area contributed by atoms with Gasteiger partial charge in [0.1, 0.15) is 4.90 Å². The van der Waals surface area contributed by atoms with E-state index in [9.17, 15) is 13.2 Å². The summed E-state index contributed by atoms with van der Waals surface area (Å²) >= 11 is 0. The van der Waals surface area contributed by atoms with E-state index in [1.54, 1.807) is 27.7 Å². The lowest BCUT2D eigenvalue weighted by Crippen LogP contribution is -2.38. The molecular formula is C12H21N3O4S. The molecule has 0 aliphatic rings. The second kappa shape index (κ2) is 6.36. The Morgan fingerprint density at radius 2 is 2.00 bits per heavy atom. The monoisotopic (exact) mass is 303 g/mol. The minimum Gasteiger partial charge on any atom is -0.481 e. The van der Waals surface area contributed by atoms with Crippen molar-refractivity contribution in [2.24, 2.45) is 0 Å². The van der Waals surface area contributed by atoms with Crippen LogP contribution in [0.3, 0.4) is 0 Å². The van der Waals surface area contributed by atoms with Crippen LogP contribution in [-0.2, 0) is 14.8 Å². The lowest BCUT2D eigenvalue weighted by molar-refractivity contribution is -0.137. The molecule has 8 heteroatoms. The van der Waals surface area contributed by atoms with Crippen molar-refractivity contribution in [1.82, 2.24) is 14.5 Å². The second-order valence-electron chi connectivity index (χ2n) is 4.97. The van der Waals surface area contributed by atoms with Gasteiger partial charge in [-0.2, -0.15) is 9.40 Å². The van der Waals surface area contributed by atoms with Gasteiger partial charge >= 0.3 is 5.97 Å². The molecule has 114 valence electrons. The Labute approximate surface area is 119 Å². The van der Waals surface area contributed by atoms with Crippen LogP contribution in [0.1, 0.15) is 38.1 Å². The van der Waals surface area contributed by atoms with Crippen LogP contribution in [0.5, 0.6) is 0 Å². The molecule has 0 saturated heterocycles.